The van der Waals surface area contributed by atoms with Crippen LogP contribution < -0.4 is 14.9 Å². The van der Waals surface area contributed by atoms with E-state index in [1.165, 1.54) is 23.6 Å². The number of nitrogens with one attached hydrogen (secondary N) is 1. The molecular weight excluding hydrogens is 414 g/mol. The van der Waals surface area contributed by atoms with Crippen LogP contribution in [-0.4, -0.2) is 35.5 Å². The van der Waals surface area contributed by atoms with E-state index in [1.54, 1.807) is 6.07 Å². The minimum absolute atomic E-state index is 0.261. The van der Waals surface area contributed by atoms with Gasteiger partial charge in [0.15, 0.2) is 18.1 Å². The highest BCUT2D eigenvalue weighted by Gasteiger charge is 2.12. The molecule has 0 radical (unpaired) electrons. The summed E-state index contributed by atoms with van der Waals surface area (Å²) in [5.74, 6) is -0.436. The number of anilines is 1. The second-order valence-electron chi connectivity index (χ2n) is 5.71. The van der Waals surface area contributed by atoms with Gasteiger partial charge in [0.25, 0.3) is 0 Å². The van der Waals surface area contributed by atoms with Gasteiger partial charge in [0.05, 0.1) is 23.5 Å². The summed E-state index contributed by atoms with van der Waals surface area (Å²) in [7, 11) is 0. The number of hydrazone groups is 1. The van der Waals surface area contributed by atoms with Crippen LogP contribution >= 0.6 is 22.9 Å². The standard InChI is InChI=1S/C20H18ClN3O4S/c1-2-27-17-8-14(15(21)9-18(17)28-11-19(25)26)10-22-24-20-23-16(12-29-20)13-6-4-3-5-7-13/h3-10,12H,2,11H2,1H3,(H,23,24)(H,25,26). The largest absolute Gasteiger partial charge is 0.490 e. The lowest BCUT2D eigenvalue weighted by molar-refractivity contribution is -0.139. The van der Waals surface area contributed by atoms with Crippen molar-refractivity contribution in [3.05, 3.63) is 58.4 Å². The van der Waals surface area contributed by atoms with Crippen molar-refractivity contribution in [3.8, 4) is 22.8 Å². The van der Waals surface area contributed by atoms with Gasteiger partial charge in [0.1, 0.15) is 0 Å². The predicted octanol–water partition coefficient (Wildman–Crippen LogP) is 4.77. The Labute approximate surface area is 176 Å². The number of rotatable bonds is 9. The van der Waals surface area contributed by atoms with Gasteiger partial charge in [-0.15, -0.1) is 11.3 Å². The highest BCUT2D eigenvalue weighted by molar-refractivity contribution is 7.14. The molecule has 0 saturated carbocycles. The van der Waals surface area contributed by atoms with Crippen molar-refractivity contribution in [1.29, 1.82) is 0 Å². The van der Waals surface area contributed by atoms with Crippen molar-refractivity contribution in [2.24, 2.45) is 5.10 Å². The number of nitrogens with zero attached hydrogens (tertiary/aromatic N) is 2. The molecule has 2 aromatic carbocycles. The fourth-order valence-electron chi connectivity index (χ4n) is 2.39. The summed E-state index contributed by atoms with van der Waals surface area (Å²) in [6, 6.07) is 13.0. The highest BCUT2D eigenvalue weighted by atomic mass is 35.5. The quantitative estimate of drug-likeness (QED) is 0.374. The van der Waals surface area contributed by atoms with Crippen molar-refractivity contribution in [2.45, 2.75) is 6.92 Å². The number of carbonyl (C=O) groups is 1. The fraction of sp³-hybridized carbons (Fsp3) is 0.150. The van der Waals surface area contributed by atoms with Gasteiger partial charge in [0.2, 0.25) is 5.13 Å². The Hall–Kier alpha value is -3.10. The van der Waals surface area contributed by atoms with E-state index in [9.17, 15) is 4.79 Å². The van der Waals surface area contributed by atoms with E-state index in [4.69, 9.17) is 26.2 Å². The predicted molar refractivity (Wildman–Crippen MR) is 115 cm³/mol. The molecule has 0 bridgehead atoms. The smallest absolute Gasteiger partial charge is 0.341 e. The van der Waals surface area contributed by atoms with Gasteiger partial charge in [-0.25, -0.2) is 9.78 Å². The first-order valence-corrected chi connectivity index (χ1v) is 9.93. The summed E-state index contributed by atoms with van der Waals surface area (Å²) >= 11 is 7.71. The zero-order valence-corrected chi connectivity index (χ0v) is 17.0. The van der Waals surface area contributed by atoms with Gasteiger partial charge < -0.3 is 14.6 Å². The number of hydrogen-bond donors (Lipinski definition) is 2. The first-order valence-electron chi connectivity index (χ1n) is 8.67. The van der Waals surface area contributed by atoms with Crippen LogP contribution in [0.3, 0.4) is 0 Å². The normalized spacial score (nSPS) is 10.8. The Bertz CT molecular complexity index is 1010. The molecule has 0 aliphatic heterocycles. The number of thiazole rings is 1. The summed E-state index contributed by atoms with van der Waals surface area (Å²) in [6.07, 6.45) is 1.54. The third-order valence-electron chi connectivity index (χ3n) is 3.65. The highest BCUT2D eigenvalue weighted by Crippen LogP contribution is 2.33. The van der Waals surface area contributed by atoms with Crippen LogP contribution in [-0.2, 0) is 4.79 Å². The number of halogens is 1. The van der Waals surface area contributed by atoms with Crippen LogP contribution in [0.1, 0.15) is 12.5 Å². The Morgan fingerprint density at radius 2 is 2.03 bits per heavy atom. The first-order chi connectivity index (χ1) is 14.1. The Morgan fingerprint density at radius 3 is 2.76 bits per heavy atom. The molecule has 150 valence electrons. The molecule has 1 heterocycles. The first kappa shape index (κ1) is 20.6. The molecule has 29 heavy (non-hydrogen) atoms. The second-order valence-corrected chi connectivity index (χ2v) is 6.98. The van der Waals surface area contributed by atoms with Crippen molar-refractivity contribution in [2.75, 3.05) is 18.6 Å². The van der Waals surface area contributed by atoms with E-state index in [2.05, 4.69) is 15.5 Å². The van der Waals surface area contributed by atoms with Gasteiger partial charge in [-0.1, -0.05) is 41.9 Å². The van der Waals surface area contributed by atoms with Crippen molar-refractivity contribution in [3.63, 3.8) is 0 Å². The maximum atomic E-state index is 10.7. The molecule has 0 fully saturated rings. The van der Waals surface area contributed by atoms with Gasteiger partial charge in [0, 0.05) is 22.6 Å². The van der Waals surface area contributed by atoms with Crippen LogP contribution in [0.25, 0.3) is 11.3 Å². The molecule has 2 N–H and O–H groups in total. The van der Waals surface area contributed by atoms with Crippen LogP contribution in [0.2, 0.25) is 5.02 Å². The van der Waals surface area contributed by atoms with Crippen LogP contribution in [0.5, 0.6) is 11.5 Å². The van der Waals surface area contributed by atoms with E-state index in [-0.39, 0.29) is 5.75 Å². The number of carboxylic acid groups (broad SMARTS) is 1. The number of aliphatic carboxylic acids is 1. The molecule has 9 heteroatoms. The molecule has 1 aromatic heterocycles. The number of ether oxygens (including phenoxy) is 2. The van der Waals surface area contributed by atoms with Crippen LogP contribution in [0.4, 0.5) is 5.13 Å². The van der Waals surface area contributed by atoms with E-state index < -0.39 is 12.6 Å². The molecule has 0 amide bonds. The molecule has 0 aliphatic carbocycles. The lowest BCUT2D eigenvalue weighted by atomic mass is 10.2. The van der Waals surface area contributed by atoms with Gasteiger partial charge in [-0.2, -0.15) is 5.10 Å². The molecule has 3 rings (SSSR count). The maximum absolute atomic E-state index is 10.7. The van der Waals surface area contributed by atoms with Crippen molar-refractivity contribution < 1.29 is 19.4 Å². The summed E-state index contributed by atoms with van der Waals surface area (Å²) in [6.45, 7) is 1.72. The maximum Gasteiger partial charge on any atom is 0.341 e. The zero-order chi connectivity index (χ0) is 20.6. The minimum atomic E-state index is -1.09. The summed E-state index contributed by atoms with van der Waals surface area (Å²) in [4.78, 5) is 15.2. The van der Waals surface area contributed by atoms with Gasteiger partial charge in [-0.3, -0.25) is 5.43 Å². The average molecular weight is 432 g/mol. The van der Waals surface area contributed by atoms with Gasteiger partial charge in [-0.05, 0) is 13.0 Å². The zero-order valence-electron chi connectivity index (χ0n) is 15.5. The Balaban J connectivity index is 1.72. The number of aromatic nitrogens is 1. The third-order valence-corrected chi connectivity index (χ3v) is 4.73. The average Bonchev–Trinajstić information content (AvgIpc) is 3.18. The number of hydrogen-bond acceptors (Lipinski definition) is 7. The molecule has 7 nitrogen and oxygen atoms in total. The third kappa shape index (κ3) is 5.69. The topological polar surface area (TPSA) is 93.0 Å². The lowest BCUT2D eigenvalue weighted by Gasteiger charge is -2.12. The van der Waals surface area contributed by atoms with Gasteiger partial charge >= 0.3 is 5.97 Å². The monoisotopic (exact) mass is 431 g/mol. The summed E-state index contributed by atoms with van der Waals surface area (Å²) in [5, 5.41) is 15.9. The van der Waals surface area contributed by atoms with E-state index in [1.807, 2.05) is 42.6 Å². The van der Waals surface area contributed by atoms with E-state index >= 15 is 0 Å². The SMILES string of the molecule is CCOc1cc(C=NNc2nc(-c3ccccc3)cs2)c(Cl)cc1OCC(=O)O. The molecule has 0 saturated heterocycles. The summed E-state index contributed by atoms with van der Waals surface area (Å²) in [5.41, 5.74) is 5.37. The minimum Gasteiger partial charge on any atom is -0.490 e. The molecular formula is C20H18ClN3O4S. The molecule has 3 aromatic rings. The molecule has 0 atom stereocenters. The molecule has 0 unspecified atom stereocenters. The van der Waals surface area contributed by atoms with E-state index in [0.717, 1.165) is 11.3 Å². The Morgan fingerprint density at radius 1 is 1.28 bits per heavy atom. The number of benzene rings is 2. The Kier molecular flexibility index (Phi) is 7.04. The van der Waals surface area contributed by atoms with Crippen molar-refractivity contribution >= 4 is 40.3 Å². The lowest BCUT2D eigenvalue weighted by Crippen LogP contribution is -2.10. The van der Waals surface area contributed by atoms with Crippen LogP contribution in [0.15, 0.2) is 52.9 Å². The summed E-state index contributed by atoms with van der Waals surface area (Å²) < 4.78 is 10.7. The molecule has 0 aliphatic rings. The fourth-order valence-corrected chi connectivity index (χ4v) is 3.26. The van der Waals surface area contributed by atoms with Crippen LogP contribution in [0, 0.1) is 0 Å². The second kappa shape index (κ2) is 9.90. The molecule has 0 spiro atoms. The van der Waals surface area contributed by atoms with E-state index in [0.29, 0.717) is 28.1 Å². The number of carboxylic acids is 1. The van der Waals surface area contributed by atoms with Crippen molar-refractivity contribution in [1.82, 2.24) is 4.98 Å².